The van der Waals surface area contributed by atoms with Crippen molar-refractivity contribution in [2.24, 2.45) is 0 Å². The number of nitrogens with zero attached hydrogens (tertiary/aromatic N) is 1. The summed E-state index contributed by atoms with van der Waals surface area (Å²) < 4.78 is 18.3. The Balaban J connectivity index is 2.04. The third kappa shape index (κ3) is 3.69. The first kappa shape index (κ1) is 15.7. The molecular weight excluding hydrogens is 277 g/mol. The summed E-state index contributed by atoms with van der Waals surface area (Å²) in [6.07, 6.45) is 0. The molecule has 1 fully saturated rings. The highest BCUT2D eigenvalue weighted by Crippen LogP contribution is 2.20. The number of hydrogen-bond donors (Lipinski definition) is 3. The lowest BCUT2D eigenvalue weighted by atomic mass is 10.1. The van der Waals surface area contributed by atoms with Gasteiger partial charge < -0.3 is 20.9 Å². The number of aliphatic hydroxyl groups excluding tert-OH is 1. The van der Waals surface area contributed by atoms with Gasteiger partial charge in [-0.15, -0.1) is 0 Å². The molecule has 0 aromatic heterocycles. The molecule has 4 N–H and O–H groups in total. The molecule has 2 atom stereocenters. The van der Waals surface area contributed by atoms with Gasteiger partial charge in [0.1, 0.15) is 5.82 Å². The Labute approximate surface area is 122 Å². The molecular formula is C14H20FN3O3. The van der Waals surface area contributed by atoms with Crippen LogP contribution in [-0.4, -0.2) is 54.4 Å². The standard InChI is InChI=1S/C14H20FN3O3/c1-9(18-4-5-21-8-11(18)7-19)14(20)17-13-3-2-10(15)6-12(13)16/h2-3,6,9,11,19H,4-5,7-8,16H2,1H3,(H,17,20). The highest BCUT2D eigenvalue weighted by Gasteiger charge is 2.30. The maximum atomic E-state index is 13.0. The maximum Gasteiger partial charge on any atom is 0.241 e. The van der Waals surface area contributed by atoms with E-state index in [-0.39, 0.29) is 24.2 Å². The number of rotatable bonds is 4. The summed E-state index contributed by atoms with van der Waals surface area (Å²) in [5.41, 5.74) is 6.23. The number of hydrogen-bond acceptors (Lipinski definition) is 5. The van der Waals surface area contributed by atoms with Gasteiger partial charge in [-0.1, -0.05) is 0 Å². The van der Waals surface area contributed by atoms with E-state index in [0.717, 1.165) is 6.07 Å². The molecule has 2 unspecified atom stereocenters. The van der Waals surface area contributed by atoms with Crippen LogP contribution in [0.15, 0.2) is 18.2 Å². The van der Waals surface area contributed by atoms with Gasteiger partial charge in [-0.25, -0.2) is 4.39 Å². The minimum absolute atomic E-state index is 0.0731. The van der Waals surface area contributed by atoms with E-state index in [4.69, 9.17) is 10.5 Å². The average molecular weight is 297 g/mol. The van der Waals surface area contributed by atoms with E-state index in [9.17, 15) is 14.3 Å². The second-order valence-corrected chi connectivity index (χ2v) is 5.05. The molecule has 1 heterocycles. The molecule has 1 aromatic carbocycles. The summed E-state index contributed by atoms with van der Waals surface area (Å²) in [7, 11) is 0. The van der Waals surface area contributed by atoms with E-state index in [0.29, 0.717) is 25.4 Å². The Hall–Kier alpha value is -1.70. The summed E-state index contributed by atoms with van der Waals surface area (Å²) in [6, 6.07) is 3.17. The van der Waals surface area contributed by atoms with Crippen molar-refractivity contribution in [1.82, 2.24) is 4.90 Å². The fourth-order valence-electron chi connectivity index (χ4n) is 2.37. The Kier molecular flexibility index (Phi) is 5.11. The number of nitrogens with one attached hydrogen (secondary N) is 1. The zero-order valence-corrected chi connectivity index (χ0v) is 11.9. The van der Waals surface area contributed by atoms with Crippen LogP contribution < -0.4 is 11.1 Å². The number of nitrogens with two attached hydrogens (primary N) is 1. The predicted octanol–water partition coefficient (Wildman–Crippen LogP) is 0.428. The molecule has 1 saturated heterocycles. The average Bonchev–Trinajstić information content (AvgIpc) is 2.49. The van der Waals surface area contributed by atoms with Gasteiger partial charge in [-0.3, -0.25) is 9.69 Å². The monoisotopic (exact) mass is 297 g/mol. The highest BCUT2D eigenvalue weighted by molar-refractivity contribution is 5.97. The molecule has 1 aliphatic rings. The van der Waals surface area contributed by atoms with Crippen LogP contribution in [0.2, 0.25) is 0 Å². The molecule has 0 bridgehead atoms. The largest absolute Gasteiger partial charge is 0.397 e. The molecule has 1 aromatic rings. The molecule has 21 heavy (non-hydrogen) atoms. The lowest BCUT2D eigenvalue weighted by molar-refractivity contribution is -0.125. The lowest BCUT2D eigenvalue weighted by Crippen LogP contribution is -2.55. The van der Waals surface area contributed by atoms with Crippen molar-refractivity contribution in [3.05, 3.63) is 24.0 Å². The van der Waals surface area contributed by atoms with E-state index in [1.807, 2.05) is 4.90 Å². The van der Waals surface area contributed by atoms with Gasteiger partial charge in [0.25, 0.3) is 0 Å². The van der Waals surface area contributed by atoms with Crippen molar-refractivity contribution in [2.45, 2.75) is 19.0 Å². The van der Waals surface area contributed by atoms with Crippen molar-refractivity contribution in [2.75, 3.05) is 37.4 Å². The number of carbonyl (C=O) groups excluding carboxylic acids is 1. The zero-order valence-electron chi connectivity index (χ0n) is 11.9. The smallest absolute Gasteiger partial charge is 0.241 e. The summed E-state index contributed by atoms with van der Waals surface area (Å²) in [6.45, 7) is 3.16. The Morgan fingerprint density at radius 2 is 2.43 bits per heavy atom. The van der Waals surface area contributed by atoms with Crippen LogP contribution in [-0.2, 0) is 9.53 Å². The molecule has 1 amide bonds. The molecule has 0 aliphatic carbocycles. The Morgan fingerprint density at radius 3 is 3.10 bits per heavy atom. The van der Waals surface area contributed by atoms with Crippen molar-refractivity contribution in [3.8, 4) is 0 Å². The molecule has 0 saturated carbocycles. The summed E-state index contributed by atoms with van der Waals surface area (Å²) in [5, 5.41) is 12.0. The van der Waals surface area contributed by atoms with Gasteiger partial charge in [0.2, 0.25) is 5.91 Å². The van der Waals surface area contributed by atoms with Crippen molar-refractivity contribution in [3.63, 3.8) is 0 Å². The minimum Gasteiger partial charge on any atom is -0.397 e. The van der Waals surface area contributed by atoms with Gasteiger partial charge in [-0.05, 0) is 25.1 Å². The van der Waals surface area contributed by atoms with Gasteiger partial charge in [-0.2, -0.15) is 0 Å². The van der Waals surface area contributed by atoms with Crippen LogP contribution in [0.5, 0.6) is 0 Å². The predicted molar refractivity (Wildman–Crippen MR) is 77.3 cm³/mol. The molecule has 2 rings (SSSR count). The van der Waals surface area contributed by atoms with E-state index in [2.05, 4.69) is 5.32 Å². The third-order valence-electron chi connectivity index (χ3n) is 3.63. The van der Waals surface area contributed by atoms with Crippen LogP contribution in [0.4, 0.5) is 15.8 Å². The summed E-state index contributed by atoms with van der Waals surface area (Å²) in [4.78, 5) is 14.2. The van der Waals surface area contributed by atoms with Crippen LogP contribution in [0.3, 0.4) is 0 Å². The summed E-state index contributed by atoms with van der Waals surface area (Å²) in [5.74, 6) is -0.708. The maximum absolute atomic E-state index is 13.0. The molecule has 0 radical (unpaired) electrons. The topological polar surface area (TPSA) is 87.8 Å². The fourth-order valence-corrected chi connectivity index (χ4v) is 2.37. The Bertz CT molecular complexity index is 512. The van der Waals surface area contributed by atoms with E-state index < -0.39 is 11.9 Å². The van der Waals surface area contributed by atoms with E-state index >= 15 is 0 Å². The number of aliphatic hydroxyl groups is 1. The summed E-state index contributed by atoms with van der Waals surface area (Å²) >= 11 is 0. The molecule has 7 heteroatoms. The van der Waals surface area contributed by atoms with Crippen molar-refractivity contribution >= 4 is 17.3 Å². The first-order chi connectivity index (χ1) is 10.0. The fraction of sp³-hybridized carbons (Fsp3) is 0.500. The van der Waals surface area contributed by atoms with Crippen LogP contribution >= 0.6 is 0 Å². The number of carbonyl (C=O) groups is 1. The van der Waals surface area contributed by atoms with Crippen LogP contribution in [0, 0.1) is 5.82 Å². The lowest BCUT2D eigenvalue weighted by Gasteiger charge is -2.37. The number of halogens is 1. The van der Waals surface area contributed by atoms with Crippen molar-refractivity contribution in [1.29, 1.82) is 0 Å². The zero-order chi connectivity index (χ0) is 15.4. The molecule has 1 aliphatic heterocycles. The van der Waals surface area contributed by atoms with E-state index in [1.54, 1.807) is 6.92 Å². The van der Waals surface area contributed by atoms with Crippen LogP contribution in [0.25, 0.3) is 0 Å². The minimum atomic E-state index is -0.452. The quantitative estimate of drug-likeness (QED) is 0.701. The highest BCUT2D eigenvalue weighted by atomic mass is 19.1. The molecule has 116 valence electrons. The number of benzene rings is 1. The van der Waals surface area contributed by atoms with Crippen LogP contribution in [0.1, 0.15) is 6.92 Å². The number of ether oxygens (including phenoxy) is 1. The van der Waals surface area contributed by atoms with Gasteiger partial charge in [0, 0.05) is 6.54 Å². The first-order valence-electron chi connectivity index (χ1n) is 6.83. The van der Waals surface area contributed by atoms with E-state index in [1.165, 1.54) is 12.1 Å². The number of morpholine rings is 1. The first-order valence-corrected chi connectivity index (χ1v) is 6.83. The SMILES string of the molecule is CC(C(=O)Nc1ccc(F)cc1N)N1CCOCC1CO. The van der Waals surface area contributed by atoms with Gasteiger partial charge in [0.15, 0.2) is 0 Å². The number of amides is 1. The molecule has 6 nitrogen and oxygen atoms in total. The van der Waals surface area contributed by atoms with Gasteiger partial charge in [0.05, 0.1) is 43.3 Å². The number of anilines is 2. The Morgan fingerprint density at radius 1 is 1.67 bits per heavy atom. The number of nitrogen functional groups attached to an aromatic ring is 1. The van der Waals surface area contributed by atoms with Gasteiger partial charge >= 0.3 is 0 Å². The molecule has 0 spiro atoms. The second kappa shape index (κ2) is 6.84. The third-order valence-corrected chi connectivity index (χ3v) is 3.63. The normalized spacial score (nSPS) is 21.0. The van der Waals surface area contributed by atoms with Crippen molar-refractivity contribution < 1.29 is 19.0 Å². The second-order valence-electron chi connectivity index (χ2n) is 5.05.